The second kappa shape index (κ2) is 9.85. The number of aromatic nitrogens is 2. The van der Waals surface area contributed by atoms with E-state index in [0.29, 0.717) is 12.1 Å². The number of nitrogens with zero attached hydrogens (tertiary/aromatic N) is 4. The van der Waals surface area contributed by atoms with E-state index in [4.69, 9.17) is 14.7 Å². The van der Waals surface area contributed by atoms with Crippen molar-refractivity contribution in [3.05, 3.63) is 76.5 Å². The van der Waals surface area contributed by atoms with E-state index in [0.717, 1.165) is 57.1 Å². The average Bonchev–Trinajstić information content (AvgIpc) is 2.84. The third-order valence-corrected chi connectivity index (χ3v) is 7.50. The molecule has 0 radical (unpaired) electrons. The molecule has 2 aliphatic heterocycles. The van der Waals surface area contributed by atoms with Crippen LogP contribution in [0.3, 0.4) is 0 Å². The Hall–Kier alpha value is -2.76. The molecule has 1 saturated heterocycles. The standard InChI is InChI=1S/C29H36N4O/c1-20-9-8-10-21(2)27(20)28-30-26-14-15-32(18-23-11-6-5-7-12-23)19-25(26)29(31-28)33-16-13-24(34-4)17-22(33)3/h5-12,22,24H,13-19H2,1-4H3. The number of benzene rings is 2. The van der Waals surface area contributed by atoms with Gasteiger partial charge in [-0.15, -0.1) is 0 Å². The maximum atomic E-state index is 5.70. The molecule has 0 spiro atoms. The van der Waals surface area contributed by atoms with Gasteiger partial charge in [-0.3, -0.25) is 4.90 Å². The lowest BCUT2D eigenvalue weighted by Crippen LogP contribution is -2.45. The smallest absolute Gasteiger partial charge is 0.162 e. The molecule has 0 N–H and O–H groups in total. The summed E-state index contributed by atoms with van der Waals surface area (Å²) in [5, 5.41) is 0. The van der Waals surface area contributed by atoms with Crippen LogP contribution >= 0.6 is 0 Å². The van der Waals surface area contributed by atoms with Gasteiger partial charge >= 0.3 is 0 Å². The van der Waals surface area contributed by atoms with Crippen molar-refractivity contribution in [3.63, 3.8) is 0 Å². The maximum absolute atomic E-state index is 5.70. The fraction of sp³-hybridized carbons (Fsp3) is 0.448. The van der Waals surface area contributed by atoms with Gasteiger partial charge in [0, 0.05) is 56.9 Å². The molecular formula is C29H36N4O. The molecule has 2 atom stereocenters. The number of methoxy groups -OCH3 is 1. The zero-order chi connectivity index (χ0) is 23.7. The molecule has 2 aliphatic rings. The third kappa shape index (κ3) is 4.59. The molecule has 2 unspecified atom stereocenters. The fourth-order valence-corrected chi connectivity index (χ4v) is 5.60. The van der Waals surface area contributed by atoms with Crippen LogP contribution in [-0.2, 0) is 24.2 Å². The molecule has 1 fully saturated rings. The van der Waals surface area contributed by atoms with Crippen molar-refractivity contribution in [2.45, 2.75) is 65.3 Å². The summed E-state index contributed by atoms with van der Waals surface area (Å²) in [5.74, 6) is 2.00. The first-order chi connectivity index (χ1) is 16.5. The molecule has 5 heteroatoms. The number of aryl methyl sites for hydroxylation is 2. The monoisotopic (exact) mass is 456 g/mol. The Morgan fingerprint density at radius 1 is 0.971 bits per heavy atom. The molecule has 34 heavy (non-hydrogen) atoms. The largest absolute Gasteiger partial charge is 0.381 e. The number of hydrogen-bond acceptors (Lipinski definition) is 5. The molecule has 0 saturated carbocycles. The molecule has 5 rings (SSSR count). The van der Waals surface area contributed by atoms with Gasteiger partial charge in [-0.25, -0.2) is 9.97 Å². The molecule has 3 heterocycles. The van der Waals surface area contributed by atoms with Crippen LogP contribution in [-0.4, -0.2) is 47.2 Å². The predicted molar refractivity (Wildman–Crippen MR) is 138 cm³/mol. The van der Waals surface area contributed by atoms with Crippen molar-refractivity contribution >= 4 is 5.82 Å². The van der Waals surface area contributed by atoms with Gasteiger partial charge in [0.15, 0.2) is 5.82 Å². The molecule has 3 aromatic rings. The highest BCUT2D eigenvalue weighted by molar-refractivity contribution is 5.67. The first kappa shape index (κ1) is 23.0. The number of rotatable bonds is 5. The van der Waals surface area contributed by atoms with Crippen LogP contribution in [0, 0.1) is 13.8 Å². The van der Waals surface area contributed by atoms with E-state index >= 15 is 0 Å². The number of fused-ring (bicyclic) bond motifs is 1. The van der Waals surface area contributed by atoms with E-state index < -0.39 is 0 Å². The van der Waals surface area contributed by atoms with Gasteiger partial charge in [0.2, 0.25) is 0 Å². The zero-order valence-corrected chi connectivity index (χ0v) is 20.9. The second-order valence-electron chi connectivity index (χ2n) is 9.93. The van der Waals surface area contributed by atoms with E-state index in [1.54, 1.807) is 0 Å². The highest BCUT2D eigenvalue weighted by atomic mass is 16.5. The van der Waals surface area contributed by atoms with Crippen LogP contribution in [0.25, 0.3) is 11.4 Å². The summed E-state index contributed by atoms with van der Waals surface area (Å²) in [6.07, 6.45) is 3.35. The van der Waals surface area contributed by atoms with Gasteiger partial charge in [-0.1, -0.05) is 48.5 Å². The minimum atomic E-state index is 0.330. The summed E-state index contributed by atoms with van der Waals surface area (Å²) in [6.45, 7) is 10.5. The summed E-state index contributed by atoms with van der Waals surface area (Å²) in [7, 11) is 1.83. The second-order valence-corrected chi connectivity index (χ2v) is 9.93. The molecule has 0 amide bonds. The van der Waals surface area contributed by atoms with Crippen LogP contribution < -0.4 is 4.90 Å². The van der Waals surface area contributed by atoms with Crippen LogP contribution in [0.1, 0.15) is 47.7 Å². The third-order valence-electron chi connectivity index (χ3n) is 7.50. The van der Waals surface area contributed by atoms with Gasteiger partial charge in [0.1, 0.15) is 5.82 Å². The van der Waals surface area contributed by atoms with Crippen LogP contribution in [0.5, 0.6) is 0 Å². The summed E-state index contributed by atoms with van der Waals surface area (Å²) < 4.78 is 5.70. The first-order valence-electron chi connectivity index (χ1n) is 12.6. The molecular weight excluding hydrogens is 420 g/mol. The van der Waals surface area contributed by atoms with Crippen LogP contribution in [0.15, 0.2) is 48.5 Å². The number of anilines is 1. The van der Waals surface area contributed by atoms with Crippen LogP contribution in [0.4, 0.5) is 5.82 Å². The SMILES string of the molecule is COC1CCN(c2nc(-c3c(C)cccc3C)nc3c2CN(Cc2ccccc2)CC3)C(C)C1. The van der Waals surface area contributed by atoms with Gasteiger partial charge in [0.05, 0.1) is 11.8 Å². The Morgan fingerprint density at radius 3 is 2.44 bits per heavy atom. The minimum Gasteiger partial charge on any atom is -0.381 e. The minimum absolute atomic E-state index is 0.330. The summed E-state index contributed by atoms with van der Waals surface area (Å²) in [4.78, 5) is 15.5. The van der Waals surface area contributed by atoms with Gasteiger partial charge in [-0.2, -0.15) is 0 Å². The molecule has 1 aromatic heterocycles. The maximum Gasteiger partial charge on any atom is 0.162 e. The normalized spacial score (nSPS) is 20.9. The van der Waals surface area contributed by atoms with Gasteiger partial charge in [0.25, 0.3) is 0 Å². The Kier molecular flexibility index (Phi) is 6.66. The number of piperidine rings is 1. The molecule has 0 aliphatic carbocycles. The molecule has 5 nitrogen and oxygen atoms in total. The quantitative estimate of drug-likeness (QED) is 0.520. The number of hydrogen-bond donors (Lipinski definition) is 0. The van der Waals surface area contributed by atoms with Crippen LogP contribution in [0.2, 0.25) is 0 Å². The molecule has 0 bridgehead atoms. The zero-order valence-electron chi connectivity index (χ0n) is 20.9. The number of ether oxygens (including phenoxy) is 1. The first-order valence-corrected chi connectivity index (χ1v) is 12.6. The average molecular weight is 457 g/mol. The summed E-state index contributed by atoms with van der Waals surface area (Å²) >= 11 is 0. The van der Waals surface area contributed by atoms with Crippen molar-refractivity contribution in [1.29, 1.82) is 0 Å². The molecule has 2 aromatic carbocycles. The molecule has 178 valence electrons. The van der Waals surface area contributed by atoms with Gasteiger partial charge in [-0.05, 0) is 50.3 Å². The topological polar surface area (TPSA) is 41.5 Å². The Morgan fingerprint density at radius 2 is 1.74 bits per heavy atom. The van der Waals surface area contributed by atoms with E-state index in [-0.39, 0.29) is 0 Å². The van der Waals surface area contributed by atoms with Gasteiger partial charge < -0.3 is 9.64 Å². The lowest BCUT2D eigenvalue weighted by atomic mass is 9.97. The summed E-state index contributed by atoms with van der Waals surface area (Å²) in [5.41, 5.74) is 7.53. The van der Waals surface area contributed by atoms with Crippen molar-refractivity contribution in [3.8, 4) is 11.4 Å². The van der Waals surface area contributed by atoms with E-state index in [2.05, 4.69) is 79.1 Å². The van der Waals surface area contributed by atoms with Crippen molar-refractivity contribution in [1.82, 2.24) is 14.9 Å². The van der Waals surface area contributed by atoms with E-state index in [1.807, 2.05) is 7.11 Å². The van der Waals surface area contributed by atoms with E-state index in [9.17, 15) is 0 Å². The highest BCUT2D eigenvalue weighted by Crippen LogP contribution is 2.35. The predicted octanol–water partition coefficient (Wildman–Crippen LogP) is 5.32. The van der Waals surface area contributed by atoms with Crippen molar-refractivity contribution in [2.75, 3.05) is 25.1 Å². The fourth-order valence-electron chi connectivity index (χ4n) is 5.60. The Balaban J connectivity index is 1.55. The Labute approximate surface area is 203 Å². The van der Waals surface area contributed by atoms with Crippen molar-refractivity contribution in [2.24, 2.45) is 0 Å². The van der Waals surface area contributed by atoms with E-state index in [1.165, 1.54) is 33.5 Å². The highest BCUT2D eigenvalue weighted by Gasteiger charge is 2.32. The summed E-state index contributed by atoms with van der Waals surface area (Å²) in [6, 6.07) is 17.6. The Bertz CT molecular complexity index is 1130. The lowest BCUT2D eigenvalue weighted by molar-refractivity contribution is 0.0718. The van der Waals surface area contributed by atoms with Crippen molar-refractivity contribution < 1.29 is 4.74 Å². The lowest BCUT2D eigenvalue weighted by Gasteiger charge is -2.40.